The van der Waals surface area contributed by atoms with Crippen LogP contribution in [0.15, 0.2) is 22.7 Å². The minimum absolute atomic E-state index is 0.0949. The number of carbonyl (C=O) groups is 1. The van der Waals surface area contributed by atoms with Crippen molar-refractivity contribution in [1.82, 2.24) is 5.32 Å². The van der Waals surface area contributed by atoms with Crippen LogP contribution in [0, 0.1) is 15.5 Å². The van der Waals surface area contributed by atoms with Crippen molar-refractivity contribution in [2.24, 2.45) is 5.41 Å². The number of nitrogens with zero attached hydrogens (tertiary/aromatic N) is 1. The van der Waals surface area contributed by atoms with E-state index in [1.165, 1.54) is 18.6 Å². The largest absolute Gasteiger partial charge is 0.351 e. The minimum Gasteiger partial charge on any atom is -0.351 e. The van der Waals surface area contributed by atoms with Gasteiger partial charge in [0.2, 0.25) is 0 Å². The van der Waals surface area contributed by atoms with Crippen LogP contribution in [0.1, 0.15) is 36.5 Å². The topological polar surface area (TPSA) is 72.2 Å². The third-order valence-corrected chi connectivity index (χ3v) is 4.49. The molecule has 0 saturated heterocycles. The lowest BCUT2D eigenvalue weighted by Crippen LogP contribution is -2.40. The molecule has 5 nitrogen and oxygen atoms in total. The second-order valence-corrected chi connectivity index (χ2v) is 6.04. The molecular formula is C13H15BrN2O3. The number of halogens is 1. The van der Waals surface area contributed by atoms with E-state index in [0.29, 0.717) is 12.1 Å². The summed E-state index contributed by atoms with van der Waals surface area (Å²) in [5.41, 5.74) is 0.391. The first-order valence-corrected chi connectivity index (χ1v) is 6.93. The van der Waals surface area contributed by atoms with Crippen LogP contribution >= 0.6 is 15.9 Å². The van der Waals surface area contributed by atoms with E-state index in [2.05, 4.69) is 28.2 Å². The van der Waals surface area contributed by atoms with Gasteiger partial charge in [-0.25, -0.2) is 0 Å². The number of rotatable bonds is 4. The molecule has 1 N–H and O–H groups in total. The predicted octanol–water partition coefficient (Wildman–Crippen LogP) is 3.28. The van der Waals surface area contributed by atoms with Crippen molar-refractivity contribution in [2.45, 2.75) is 26.2 Å². The van der Waals surface area contributed by atoms with Crippen LogP contribution in [0.4, 0.5) is 5.69 Å². The summed E-state index contributed by atoms with van der Waals surface area (Å²) in [6.45, 7) is 2.75. The molecule has 1 aromatic carbocycles. The van der Waals surface area contributed by atoms with Crippen LogP contribution in [-0.2, 0) is 0 Å². The molecule has 0 radical (unpaired) electrons. The zero-order valence-electron chi connectivity index (χ0n) is 10.6. The molecule has 0 spiro atoms. The first-order valence-electron chi connectivity index (χ1n) is 6.14. The van der Waals surface area contributed by atoms with Gasteiger partial charge in [0, 0.05) is 12.6 Å². The van der Waals surface area contributed by atoms with E-state index in [0.717, 1.165) is 12.8 Å². The summed E-state index contributed by atoms with van der Waals surface area (Å²) in [5.74, 6) is -0.274. The van der Waals surface area contributed by atoms with Gasteiger partial charge >= 0.3 is 0 Å². The van der Waals surface area contributed by atoms with E-state index in [-0.39, 0.29) is 21.5 Å². The predicted molar refractivity (Wildman–Crippen MR) is 75.1 cm³/mol. The van der Waals surface area contributed by atoms with Crippen LogP contribution in [0.25, 0.3) is 0 Å². The Balaban J connectivity index is 2.10. The quantitative estimate of drug-likeness (QED) is 0.681. The van der Waals surface area contributed by atoms with Gasteiger partial charge in [0.15, 0.2) is 0 Å². The maximum absolute atomic E-state index is 12.1. The van der Waals surface area contributed by atoms with Gasteiger partial charge in [-0.1, -0.05) is 19.4 Å². The highest BCUT2D eigenvalue weighted by molar-refractivity contribution is 9.10. The van der Waals surface area contributed by atoms with Crippen molar-refractivity contribution >= 4 is 27.5 Å². The Bertz CT molecular complexity index is 527. The van der Waals surface area contributed by atoms with Crippen LogP contribution in [0.3, 0.4) is 0 Å². The van der Waals surface area contributed by atoms with Crippen molar-refractivity contribution in [1.29, 1.82) is 0 Å². The maximum atomic E-state index is 12.1. The van der Waals surface area contributed by atoms with Crippen LogP contribution in [0.5, 0.6) is 0 Å². The number of amides is 1. The summed E-state index contributed by atoms with van der Waals surface area (Å²) in [6.07, 6.45) is 3.43. The average molecular weight is 327 g/mol. The van der Waals surface area contributed by atoms with Gasteiger partial charge in [-0.3, -0.25) is 14.9 Å². The van der Waals surface area contributed by atoms with Crippen molar-refractivity contribution < 1.29 is 9.72 Å². The lowest BCUT2D eigenvalue weighted by molar-refractivity contribution is -0.385. The van der Waals surface area contributed by atoms with E-state index >= 15 is 0 Å². The van der Waals surface area contributed by atoms with Gasteiger partial charge in [0.1, 0.15) is 4.47 Å². The van der Waals surface area contributed by atoms with E-state index in [1.54, 1.807) is 6.07 Å². The van der Waals surface area contributed by atoms with Gasteiger partial charge in [-0.15, -0.1) is 0 Å². The lowest BCUT2D eigenvalue weighted by atomic mass is 9.70. The molecule has 19 heavy (non-hydrogen) atoms. The fourth-order valence-electron chi connectivity index (χ4n) is 2.18. The molecular weight excluding hydrogens is 312 g/mol. The second kappa shape index (κ2) is 5.28. The number of nitro benzene ring substituents is 1. The number of benzene rings is 1. The fraction of sp³-hybridized carbons (Fsp3) is 0.462. The molecule has 0 aromatic heterocycles. The number of hydrogen-bond donors (Lipinski definition) is 1. The number of nitro groups is 1. The zero-order chi connectivity index (χ0) is 14.0. The maximum Gasteiger partial charge on any atom is 0.284 e. The first kappa shape index (κ1) is 14.0. The molecule has 0 unspecified atom stereocenters. The minimum atomic E-state index is -0.506. The molecule has 0 heterocycles. The first-order chi connectivity index (χ1) is 8.93. The Hall–Kier alpha value is -1.43. The highest BCUT2D eigenvalue weighted by Gasteiger charge is 2.32. The molecule has 0 aliphatic heterocycles. The highest BCUT2D eigenvalue weighted by atomic mass is 79.9. The molecule has 102 valence electrons. The van der Waals surface area contributed by atoms with Crippen LogP contribution < -0.4 is 5.32 Å². The van der Waals surface area contributed by atoms with Crippen LogP contribution in [0.2, 0.25) is 0 Å². The Labute approximate surface area is 119 Å². The summed E-state index contributed by atoms with van der Waals surface area (Å²) in [4.78, 5) is 22.4. The smallest absolute Gasteiger partial charge is 0.284 e. The molecule has 1 fully saturated rings. The van der Waals surface area contributed by atoms with Crippen LogP contribution in [-0.4, -0.2) is 17.4 Å². The van der Waals surface area contributed by atoms with E-state index in [4.69, 9.17) is 0 Å². The normalized spacial score (nSPS) is 16.5. The number of carbonyl (C=O) groups excluding carboxylic acids is 1. The van der Waals surface area contributed by atoms with E-state index in [9.17, 15) is 14.9 Å². The monoisotopic (exact) mass is 326 g/mol. The molecule has 1 aromatic rings. The zero-order valence-corrected chi connectivity index (χ0v) is 12.2. The Morgan fingerprint density at radius 2 is 2.21 bits per heavy atom. The number of hydrogen-bond acceptors (Lipinski definition) is 3. The highest BCUT2D eigenvalue weighted by Crippen LogP contribution is 2.39. The summed E-state index contributed by atoms with van der Waals surface area (Å²) in [5, 5.41) is 13.7. The summed E-state index contributed by atoms with van der Waals surface area (Å²) < 4.78 is 0.233. The third-order valence-electron chi connectivity index (χ3n) is 3.66. The molecule has 6 heteroatoms. The van der Waals surface area contributed by atoms with E-state index in [1.807, 2.05) is 0 Å². The standard InChI is InChI=1S/C13H15BrN2O3/c1-13(6-3-7-13)8-15-12(17)9-4-2-5-10(11(9)14)16(18)19/h2,4-5H,3,6-8H2,1H3,(H,15,17). The fourth-order valence-corrected chi connectivity index (χ4v) is 2.77. The Morgan fingerprint density at radius 3 is 2.74 bits per heavy atom. The van der Waals surface area contributed by atoms with Gasteiger partial charge in [0.05, 0.1) is 10.5 Å². The van der Waals surface area contributed by atoms with E-state index < -0.39 is 4.92 Å². The Morgan fingerprint density at radius 1 is 1.53 bits per heavy atom. The summed E-state index contributed by atoms with van der Waals surface area (Å²) in [6, 6.07) is 4.46. The molecule has 1 aliphatic rings. The lowest BCUT2D eigenvalue weighted by Gasteiger charge is -2.38. The molecule has 1 aliphatic carbocycles. The number of nitrogens with one attached hydrogen (secondary N) is 1. The van der Waals surface area contributed by atoms with Crippen molar-refractivity contribution in [3.63, 3.8) is 0 Å². The molecule has 1 saturated carbocycles. The summed E-state index contributed by atoms with van der Waals surface area (Å²) >= 11 is 3.13. The molecule has 1 amide bonds. The van der Waals surface area contributed by atoms with Crippen molar-refractivity contribution in [2.75, 3.05) is 6.54 Å². The van der Waals surface area contributed by atoms with Crippen molar-refractivity contribution in [3.8, 4) is 0 Å². The SMILES string of the molecule is CC1(CNC(=O)c2cccc([N+](=O)[O-])c2Br)CCC1. The van der Waals surface area contributed by atoms with Gasteiger partial charge in [-0.2, -0.15) is 0 Å². The molecule has 0 bridgehead atoms. The van der Waals surface area contributed by atoms with Gasteiger partial charge < -0.3 is 5.32 Å². The third kappa shape index (κ3) is 2.94. The summed E-state index contributed by atoms with van der Waals surface area (Å²) in [7, 11) is 0. The molecule has 0 atom stereocenters. The van der Waals surface area contributed by atoms with Gasteiger partial charge in [-0.05, 0) is 40.3 Å². The molecule has 2 rings (SSSR count). The van der Waals surface area contributed by atoms with Crippen molar-refractivity contribution in [3.05, 3.63) is 38.3 Å². The second-order valence-electron chi connectivity index (χ2n) is 5.24. The Kier molecular flexibility index (Phi) is 3.89. The van der Waals surface area contributed by atoms with Gasteiger partial charge in [0.25, 0.3) is 11.6 Å². The average Bonchev–Trinajstić information content (AvgIpc) is 2.33.